The lowest BCUT2D eigenvalue weighted by Crippen LogP contribution is -2.35. The van der Waals surface area contributed by atoms with E-state index in [4.69, 9.17) is 4.74 Å². The first kappa shape index (κ1) is 13.8. The molecule has 0 spiro atoms. The van der Waals surface area contributed by atoms with Crippen molar-refractivity contribution in [1.82, 2.24) is 9.78 Å². The quantitative estimate of drug-likeness (QED) is 0.922. The van der Waals surface area contributed by atoms with E-state index in [-0.39, 0.29) is 5.41 Å². The Morgan fingerprint density at radius 1 is 1.32 bits per heavy atom. The molecule has 0 amide bonds. The van der Waals surface area contributed by atoms with E-state index in [0.717, 1.165) is 37.9 Å². The van der Waals surface area contributed by atoms with Crippen LogP contribution in [0.5, 0.6) is 0 Å². The van der Waals surface area contributed by atoms with Crippen molar-refractivity contribution in [3.05, 3.63) is 47.7 Å². The average molecular weight is 297 g/mol. The largest absolute Gasteiger partial charge is 0.380 e. The van der Waals surface area contributed by atoms with Gasteiger partial charge in [-0.25, -0.2) is 0 Å². The Balaban J connectivity index is 1.52. The summed E-state index contributed by atoms with van der Waals surface area (Å²) in [4.78, 5) is 0. The first-order valence-electron chi connectivity index (χ1n) is 8.18. The van der Waals surface area contributed by atoms with Crippen molar-refractivity contribution in [2.75, 3.05) is 25.1 Å². The minimum atomic E-state index is 0.0680. The van der Waals surface area contributed by atoms with Gasteiger partial charge in [0.25, 0.3) is 0 Å². The molecule has 1 atom stereocenters. The summed E-state index contributed by atoms with van der Waals surface area (Å²) in [6, 6.07) is 12.9. The number of aryl methyl sites for hydroxylation is 1. The predicted molar refractivity (Wildman–Crippen MR) is 87.2 cm³/mol. The Morgan fingerprint density at radius 2 is 2.14 bits per heavy atom. The van der Waals surface area contributed by atoms with E-state index in [1.807, 2.05) is 11.7 Å². The maximum Gasteiger partial charge on any atom is 0.148 e. The van der Waals surface area contributed by atoms with E-state index in [9.17, 15) is 0 Å². The Hall–Kier alpha value is -1.81. The van der Waals surface area contributed by atoms with Crippen molar-refractivity contribution in [2.24, 2.45) is 7.05 Å². The van der Waals surface area contributed by atoms with E-state index in [2.05, 4.69) is 46.8 Å². The molecule has 1 saturated heterocycles. The molecule has 1 saturated carbocycles. The van der Waals surface area contributed by atoms with Gasteiger partial charge in [0, 0.05) is 43.3 Å². The van der Waals surface area contributed by atoms with Crippen molar-refractivity contribution >= 4 is 5.82 Å². The number of hydrogen-bond donors (Lipinski definition) is 1. The molecule has 0 bridgehead atoms. The molecule has 0 radical (unpaired) electrons. The fourth-order valence-electron chi connectivity index (χ4n) is 3.46. The molecule has 1 unspecified atom stereocenters. The van der Waals surface area contributed by atoms with Gasteiger partial charge in [-0.05, 0) is 24.8 Å². The lowest BCUT2D eigenvalue weighted by Gasteiger charge is -2.28. The van der Waals surface area contributed by atoms with Gasteiger partial charge < -0.3 is 10.1 Å². The second-order valence-corrected chi connectivity index (χ2v) is 6.65. The van der Waals surface area contributed by atoms with E-state index in [1.54, 1.807) is 0 Å². The molecule has 2 aromatic rings. The molecule has 4 rings (SSSR count). The SMILES string of the molecule is Cn1nc(NCC2(c3ccccc3)CCOC2)cc1C1CC1. The minimum absolute atomic E-state index is 0.0680. The fraction of sp³-hybridized carbons (Fsp3) is 0.500. The van der Waals surface area contributed by atoms with Crippen LogP contribution in [0, 0.1) is 0 Å². The van der Waals surface area contributed by atoms with Crippen LogP contribution in [0.1, 0.15) is 36.4 Å². The van der Waals surface area contributed by atoms with Gasteiger partial charge in [-0.2, -0.15) is 5.10 Å². The normalized spacial score (nSPS) is 24.6. The van der Waals surface area contributed by atoms with Crippen LogP contribution in [0.3, 0.4) is 0 Å². The van der Waals surface area contributed by atoms with E-state index < -0.39 is 0 Å². The third-order valence-corrected chi connectivity index (χ3v) is 5.01. The highest BCUT2D eigenvalue weighted by Gasteiger charge is 2.37. The minimum Gasteiger partial charge on any atom is -0.380 e. The lowest BCUT2D eigenvalue weighted by atomic mass is 9.80. The summed E-state index contributed by atoms with van der Waals surface area (Å²) in [7, 11) is 2.05. The molecule has 1 aromatic carbocycles. The third-order valence-electron chi connectivity index (χ3n) is 5.01. The van der Waals surface area contributed by atoms with Gasteiger partial charge in [0.2, 0.25) is 0 Å². The summed E-state index contributed by atoms with van der Waals surface area (Å²) in [6.45, 7) is 2.50. The Morgan fingerprint density at radius 3 is 2.82 bits per heavy atom. The molecule has 2 aliphatic rings. The lowest BCUT2D eigenvalue weighted by molar-refractivity contribution is 0.179. The topological polar surface area (TPSA) is 39.1 Å². The van der Waals surface area contributed by atoms with Gasteiger partial charge in [-0.1, -0.05) is 30.3 Å². The Bertz CT molecular complexity index is 640. The van der Waals surface area contributed by atoms with Gasteiger partial charge in [-0.3, -0.25) is 4.68 Å². The first-order valence-corrected chi connectivity index (χ1v) is 8.18. The molecular formula is C18H23N3O. The van der Waals surface area contributed by atoms with Crippen LogP contribution in [-0.2, 0) is 17.2 Å². The number of rotatable bonds is 5. The second-order valence-electron chi connectivity index (χ2n) is 6.65. The van der Waals surface area contributed by atoms with Crippen molar-refractivity contribution in [2.45, 2.75) is 30.6 Å². The number of nitrogens with one attached hydrogen (secondary N) is 1. The van der Waals surface area contributed by atoms with Crippen LogP contribution in [0.25, 0.3) is 0 Å². The van der Waals surface area contributed by atoms with Crippen LogP contribution in [-0.4, -0.2) is 29.5 Å². The number of nitrogens with zero attached hydrogens (tertiary/aromatic N) is 2. The highest BCUT2D eigenvalue weighted by atomic mass is 16.5. The van der Waals surface area contributed by atoms with Gasteiger partial charge >= 0.3 is 0 Å². The van der Waals surface area contributed by atoms with Crippen LogP contribution < -0.4 is 5.32 Å². The smallest absolute Gasteiger partial charge is 0.148 e. The molecule has 22 heavy (non-hydrogen) atoms. The number of ether oxygens (including phenoxy) is 1. The van der Waals surface area contributed by atoms with Gasteiger partial charge in [-0.15, -0.1) is 0 Å². The van der Waals surface area contributed by atoms with E-state index in [1.165, 1.54) is 24.1 Å². The number of benzene rings is 1. The standard InChI is InChI=1S/C18H23N3O/c1-21-16(14-7-8-14)11-17(20-21)19-12-18(9-10-22-13-18)15-5-3-2-4-6-15/h2-6,11,14H,7-10,12-13H2,1H3,(H,19,20). The monoisotopic (exact) mass is 297 g/mol. The zero-order valence-corrected chi connectivity index (χ0v) is 13.1. The highest BCUT2D eigenvalue weighted by molar-refractivity contribution is 5.40. The van der Waals surface area contributed by atoms with Crippen molar-refractivity contribution in [1.29, 1.82) is 0 Å². The number of anilines is 1. The summed E-state index contributed by atoms with van der Waals surface area (Å²) in [6.07, 6.45) is 3.67. The molecule has 1 N–H and O–H groups in total. The summed E-state index contributed by atoms with van der Waals surface area (Å²) in [5.74, 6) is 1.72. The average Bonchev–Trinajstić information content (AvgIpc) is 3.15. The van der Waals surface area contributed by atoms with E-state index >= 15 is 0 Å². The molecule has 1 aliphatic heterocycles. The van der Waals surface area contributed by atoms with Crippen molar-refractivity contribution in [3.8, 4) is 0 Å². The van der Waals surface area contributed by atoms with E-state index in [0.29, 0.717) is 0 Å². The van der Waals surface area contributed by atoms with Crippen LogP contribution in [0.2, 0.25) is 0 Å². The molecule has 4 nitrogen and oxygen atoms in total. The number of hydrogen-bond acceptors (Lipinski definition) is 3. The summed E-state index contributed by atoms with van der Waals surface area (Å²) in [5.41, 5.74) is 2.79. The highest BCUT2D eigenvalue weighted by Crippen LogP contribution is 2.40. The summed E-state index contributed by atoms with van der Waals surface area (Å²) >= 11 is 0. The van der Waals surface area contributed by atoms with Gasteiger partial charge in [0.15, 0.2) is 0 Å². The molecule has 4 heteroatoms. The second kappa shape index (κ2) is 5.43. The zero-order valence-electron chi connectivity index (χ0n) is 13.1. The van der Waals surface area contributed by atoms with Crippen LogP contribution in [0.15, 0.2) is 36.4 Å². The fourth-order valence-corrected chi connectivity index (χ4v) is 3.46. The molecule has 1 aromatic heterocycles. The zero-order chi connectivity index (χ0) is 15.0. The predicted octanol–water partition coefficient (Wildman–Crippen LogP) is 3.07. The van der Waals surface area contributed by atoms with Crippen molar-refractivity contribution < 1.29 is 4.74 Å². The van der Waals surface area contributed by atoms with Gasteiger partial charge in [0.1, 0.15) is 5.82 Å². The Labute approximate surface area is 131 Å². The molecule has 1 aliphatic carbocycles. The van der Waals surface area contributed by atoms with Gasteiger partial charge in [0.05, 0.1) is 6.61 Å². The maximum atomic E-state index is 5.71. The van der Waals surface area contributed by atoms with Crippen molar-refractivity contribution in [3.63, 3.8) is 0 Å². The number of aromatic nitrogens is 2. The Kier molecular flexibility index (Phi) is 3.41. The van der Waals surface area contributed by atoms with Crippen LogP contribution in [0.4, 0.5) is 5.82 Å². The molecule has 116 valence electrons. The first-order chi connectivity index (χ1) is 10.8. The maximum absolute atomic E-state index is 5.71. The summed E-state index contributed by atoms with van der Waals surface area (Å²) < 4.78 is 7.74. The summed E-state index contributed by atoms with van der Waals surface area (Å²) in [5, 5.41) is 8.18. The van der Waals surface area contributed by atoms with Crippen LogP contribution >= 0.6 is 0 Å². The molecule has 2 heterocycles. The third kappa shape index (κ3) is 2.52. The molecular weight excluding hydrogens is 274 g/mol. The molecule has 2 fully saturated rings.